The predicted octanol–water partition coefficient (Wildman–Crippen LogP) is 4.26. The molecule has 3 aromatic heterocycles. The summed E-state index contributed by atoms with van der Waals surface area (Å²) < 4.78 is 12.9. The molecule has 1 amide bonds. The molecule has 4 aromatic rings. The van der Waals surface area contributed by atoms with E-state index in [4.69, 9.17) is 21.1 Å². The number of hydrogen-bond acceptors (Lipinski definition) is 7. The van der Waals surface area contributed by atoms with Gasteiger partial charge in [0.1, 0.15) is 23.0 Å². The zero-order chi connectivity index (χ0) is 24.7. The number of benzene rings is 1. The lowest BCUT2D eigenvalue weighted by molar-refractivity contribution is -0.121. The summed E-state index contributed by atoms with van der Waals surface area (Å²) >= 11 is 6.58. The molecule has 0 saturated heterocycles. The molecule has 4 heterocycles. The van der Waals surface area contributed by atoms with Crippen LogP contribution in [0.25, 0.3) is 11.0 Å². The number of aryl methyl sites for hydroxylation is 1. The van der Waals surface area contributed by atoms with Crippen LogP contribution < -0.4 is 15.4 Å². The van der Waals surface area contributed by atoms with Crippen LogP contribution in [-0.2, 0) is 16.6 Å². The third-order valence-corrected chi connectivity index (χ3v) is 6.35. The largest absolute Gasteiger partial charge is 0.439 e. The SMILES string of the molecule is COC[C@]1(C)Nc2c(cnc3c2c(C(O)c2ccc(Oc4ccccn4)cc2Cl)cn3C)NC1=O. The number of aliphatic hydroxyl groups is 1. The number of hydrogen-bond donors (Lipinski definition) is 3. The van der Waals surface area contributed by atoms with Crippen molar-refractivity contribution in [2.24, 2.45) is 7.05 Å². The van der Waals surface area contributed by atoms with E-state index in [1.165, 1.54) is 0 Å². The fourth-order valence-electron chi connectivity index (χ4n) is 4.28. The van der Waals surface area contributed by atoms with Gasteiger partial charge in [0.25, 0.3) is 5.91 Å². The number of anilines is 2. The number of halogens is 1. The Kier molecular flexibility index (Phi) is 5.84. The number of nitrogens with one attached hydrogen (secondary N) is 2. The van der Waals surface area contributed by atoms with Crippen LogP contribution in [0.1, 0.15) is 24.2 Å². The first-order valence-electron chi connectivity index (χ1n) is 10.9. The summed E-state index contributed by atoms with van der Waals surface area (Å²) in [4.78, 5) is 21.3. The highest BCUT2D eigenvalue weighted by Crippen LogP contribution is 2.42. The van der Waals surface area contributed by atoms with E-state index in [0.29, 0.717) is 50.2 Å². The van der Waals surface area contributed by atoms with Gasteiger partial charge in [0.15, 0.2) is 0 Å². The molecule has 1 aromatic carbocycles. The Bertz CT molecular complexity index is 1420. The predicted molar refractivity (Wildman–Crippen MR) is 133 cm³/mol. The van der Waals surface area contributed by atoms with Gasteiger partial charge in [-0.25, -0.2) is 9.97 Å². The van der Waals surface area contributed by atoms with Gasteiger partial charge < -0.3 is 29.8 Å². The third-order valence-electron chi connectivity index (χ3n) is 6.02. The van der Waals surface area contributed by atoms with Gasteiger partial charge in [-0.15, -0.1) is 0 Å². The molecule has 10 heteroatoms. The number of pyridine rings is 2. The Hall–Kier alpha value is -3.66. The number of carbonyl (C=O) groups is 1. The van der Waals surface area contributed by atoms with Crippen LogP contribution >= 0.6 is 11.6 Å². The Balaban J connectivity index is 1.55. The zero-order valence-electron chi connectivity index (χ0n) is 19.4. The van der Waals surface area contributed by atoms with Gasteiger partial charge >= 0.3 is 0 Å². The molecular weight excluding hydrogens is 470 g/mol. The maximum absolute atomic E-state index is 12.7. The quantitative estimate of drug-likeness (QED) is 0.368. The minimum atomic E-state index is -1.06. The summed E-state index contributed by atoms with van der Waals surface area (Å²) in [5.74, 6) is 0.717. The van der Waals surface area contributed by atoms with Crippen LogP contribution in [0.5, 0.6) is 11.6 Å². The number of carbonyl (C=O) groups excluding carboxylic acids is 1. The lowest BCUT2D eigenvalue weighted by Crippen LogP contribution is -2.53. The number of ether oxygens (including phenoxy) is 2. The van der Waals surface area contributed by atoms with Crippen molar-refractivity contribution in [1.82, 2.24) is 14.5 Å². The van der Waals surface area contributed by atoms with E-state index in [9.17, 15) is 9.90 Å². The second-order valence-electron chi connectivity index (χ2n) is 8.64. The van der Waals surface area contributed by atoms with Crippen molar-refractivity contribution < 1.29 is 19.4 Å². The molecule has 2 atom stereocenters. The van der Waals surface area contributed by atoms with E-state index in [0.717, 1.165) is 0 Å². The smallest absolute Gasteiger partial charge is 0.252 e. The topological polar surface area (TPSA) is 111 Å². The van der Waals surface area contributed by atoms with Crippen molar-refractivity contribution in [1.29, 1.82) is 0 Å². The van der Waals surface area contributed by atoms with Crippen molar-refractivity contribution in [3.63, 3.8) is 0 Å². The van der Waals surface area contributed by atoms with E-state index in [1.807, 2.05) is 23.9 Å². The second-order valence-corrected chi connectivity index (χ2v) is 9.05. The standard InChI is InChI=1S/C25H24ClN5O4/c1-25(13-34-3)24(33)29-18-11-28-23-20(21(18)30-25)16(12-31(23)2)22(32)15-8-7-14(10-17(15)26)35-19-6-4-5-9-27-19/h4-12,22,30,32H,13H2,1-3H3,(H,29,33)/t22?,25-/m0/s1. The first-order chi connectivity index (χ1) is 16.8. The molecule has 0 radical (unpaired) electrons. The molecule has 1 aliphatic rings. The van der Waals surface area contributed by atoms with E-state index in [1.54, 1.807) is 56.8 Å². The van der Waals surface area contributed by atoms with Gasteiger partial charge in [0, 0.05) is 43.7 Å². The van der Waals surface area contributed by atoms with Crippen LogP contribution in [-0.4, -0.2) is 44.8 Å². The molecule has 180 valence electrons. The van der Waals surface area contributed by atoms with Crippen molar-refractivity contribution in [2.75, 3.05) is 24.4 Å². The molecular formula is C25H24ClN5O4. The van der Waals surface area contributed by atoms with Crippen LogP contribution in [0.15, 0.2) is 55.0 Å². The Morgan fingerprint density at radius 2 is 2.06 bits per heavy atom. The lowest BCUT2D eigenvalue weighted by Gasteiger charge is -2.35. The number of aliphatic hydroxyl groups excluding tert-OH is 1. The molecule has 0 spiro atoms. The van der Waals surface area contributed by atoms with Gasteiger partial charge in [-0.1, -0.05) is 23.7 Å². The van der Waals surface area contributed by atoms with E-state index < -0.39 is 11.6 Å². The average Bonchev–Trinajstić information content (AvgIpc) is 3.17. The minimum absolute atomic E-state index is 0.163. The Labute approximate surface area is 206 Å². The summed E-state index contributed by atoms with van der Waals surface area (Å²) in [6, 6.07) is 10.5. The fraction of sp³-hybridized carbons (Fsp3) is 0.240. The number of rotatable bonds is 6. The highest BCUT2D eigenvalue weighted by atomic mass is 35.5. The van der Waals surface area contributed by atoms with Crippen LogP contribution in [0.2, 0.25) is 5.02 Å². The maximum Gasteiger partial charge on any atom is 0.252 e. The van der Waals surface area contributed by atoms with Crippen LogP contribution in [0.4, 0.5) is 11.4 Å². The summed E-state index contributed by atoms with van der Waals surface area (Å²) in [5.41, 5.74) is 1.94. The van der Waals surface area contributed by atoms with Crippen LogP contribution in [0, 0.1) is 0 Å². The fourth-order valence-corrected chi connectivity index (χ4v) is 4.55. The average molecular weight is 494 g/mol. The normalized spacial score (nSPS) is 18.0. The molecule has 0 saturated carbocycles. The third kappa shape index (κ3) is 4.07. The lowest BCUT2D eigenvalue weighted by atomic mass is 9.95. The van der Waals surface area contributed by atoms with E-state index in [-0.39, 0.29) is 12.5 Å². The number of fused-ring (bicyclic) bond motifs is 3. The highest BCUT2D eigenvalue weighted by molar-refractivity contribution is 6.31. The van der Waals surface area contributed by atoms with Crippen molar-refractivity contribution >= 4 is 39.9 Å². The van der Waals surface area contributed by atoms with E-state index in [2.05, 4.69) is 20.6 Å². The van der Waals surface area contributed by atoms with Gasteiger partial charge in [0.2, 0.25) is 5.88 Å². The minimum Gasteiger partial charge on any atom is -0.439 e. The maximum atomic E-state index is 12.7. The molecule has 3 N–H and O–H groups in total. The monoisotopic (exact) mass is 493 g/mol. The van der Waals surface area contributed by atoms with Gasteiger partial charge in [-0.3, -0.25) is 4.79 Å². The second kappa shape index (κ2) is 8.84. The van der Waals surface area contributed by atoms with Crippen molar-refractivity contribution in [3.8, 4) is 11.6 Å². The summed E-state index contributed by atoms with van der Waals surface area (Å²) in [7, 11) is 3.39. The first-order valence-corrected chi connectivity index (χ1v) is 11.3. The molecule has 9 nitrogen and oxygen atoms in total. The summed E-state index contributed by atoms with van der Waals surface area (Å²) in [6.07, 6.45) is 3.99. The van der Waals surface area contributed by atoms with Crippen LogP contribution in [0.3, 0.4) is 0 Å². The molecule has 5 rings (SSSR count). The number of aromatic nitrogens is 3. The summed E-state index contributed by atoms with van der Waals surface area (Å²) in [5, 5.41) is 18.7. The molecule has 0 fully saturated rings. The van der Waals surface area contributed by atoms with Crippen molar-refractivity contribution in [2.45, 2.75) is 18.6 Å². The van der Waals surface area contributed by atoms with E-state index >= 15 is 0 Å². The molecule has 0 bridgehead atoms. The zero-order valence-corrected chi connectivity index (χ0v) is 20.1. The molecule has 35 heavy (non-hydrogen) atoms. The summed E-state index contributed by atoms with van der Waals surface area (Å²) in [6.45, 7) is 1.92. The number of amides is 1. The Morgan fingerprint density at radius 3 is 2.77 bits per heavy atom. The molecule has 1 unspecified atom stereocenters. The van der Waals surface area contributed by atoms with Gasteiger partial charge in [-0.2, -0.15) is 0 Å². The number of methoxy groups -OCH3 is 1. The van der Waals surface area contributed by atoms with Crippen molar-refractivity contribution in [3.05, 3.63) is 71.1 Å². The number of nitrogens with zero attached hydrogens (tertiary/aromatic N) is 3. The van der Waals surface area contributed by atoms with Gasteiger partial charge in [0.05, 0.1) is 34.6 Å². The molecule has 0 aliphatic carbocycles. The van der Waals surface area contributed by atoms with Gasteiger partial charge in [-0.05, 0) is 25.1 Å². The highest BCUT2D eigenvalue weighted by Gasteiger charge is 2.39. The molecule has 1 aliphatic heterocycles. The Morgan fingerprint density at radius 1 is 1.23 bits per heavy atom. The first kappa shape index (κ1) is 23.1.